The van der Waals surface area contributed by atoms with E-state index in [4.69, 9.17) is 4.74 Å². The molecule has 0 saturated carbocycles. The molecule has 0 N–H and O–H groups in total. The summed E-state index contributed by atoms with van der Waals surface area (Å²) in [7, 11) is 4.05. The van der Waals surface area contributed by atoms with Crippen LogP contribution in [0.2, 0.25) is 0 Å². The van der Waals surface area contributed by atoms with E-state index in [1.807, 2.05) is 38.4 Å². The van der Waals surface area contributed by atoms with Gasteiger partial charge in [0.25, 0.3) is 5.91 Å². The van der Waals surface area contributed by atoms with Gasteiger partial charge >= 0.3 is 0 Å². The highest BCUT2D eigenvalue weighted by molar-refractivity contribution is 5.94. The quantitative estimate of drug-likeness (QED) is 0.402. The van der Waals surface area contributed by atoms with Crippen LogP contribution in [0.4, 0.5) is 5.69 Å². The van der Waals surface area contributed by atoms with Crippen molar-refractivity contribution in [3.63, 3.8) is 0 Å². The van der Waals surface area contributed by atoms with Crippen molar-refractivity contribution >= 4 is 11.6 Å². The molecule has 0 radical (unpaired) electrons. The molecule has 0 atom stereocenters. The van der Waals surface area contributed by atoms with Gasteiger partial charge in [-0.3, -0.25) is 9.69 Å². The molecule has 1 saturated heterocycles. The van der Waals surface area contributed by atoms with Gasteiger partial charge in [0.15, 0.2) is 0 Å². The number of ether oxygens (including phenoxy) is 1. The van der Waals surface area contributed by atoms with Crippen LogP contribution in [0.25, 0.3) is 0 Å². The highest BCUT2D eigenvalue weighted by Crippen LogP contribution is 2.39. The summed E-state index contributed by atoms with van der Waals surface area (Å²) in [6.45, 7) is 5.21. The summed E-state index contributed by atoms with van der Waals surface area (Å²) in [5.74, 6) is 1.20. The molecule has 2 heterocycles. The van der Waals surface area contributed by atoms with Crippen LogP contribution in [0.15, 0.2) is 78.9 Å². The molecule has 3 aromatic carbocycles. The number of benzene rings is 3. The van der Waals surface area contributed by atoms with Crippen LogP contribution in [0.5, 0.6) is 5.75 Å². The molecule has 0 bridgehead atoms. The van der Waals surface area contributed by atoms with Crippen molar-refractivity contribution in [1.29, 1.82) is 0 Å². The number of rotatable bonds is 4. The number of hydrogen-bond acceptors (Lipinski definition) is 4. The monoisotopic (exact) mass is 525 g/mol. The minimum absolute atomic E-state index is 0.162. The summed E-state index contributed by atoms with van der Waals surface area (Å²) < 4.78 is 6.33. The molecule has 5 heteroatoms. The third kappa shape index (κ3) is 7.02. The fourth-order valence-corrected chi connectivity index (χ4v) is 6.24. The maximum Gasteiger partial charge on any atom is 0.253 e. The van der Waals surface area contributed by atoms with Crippen molar-refractivity contribution in [3.05, 3.63) is 95.6 Å². The predicted molar refractivity (Wildman–Crippen MR) is 160 cm³/mol. The van der Waals surface area contributed by atoms with Gasteiger partial charge in [-0.05, 0) is 79.0 Å². The summed E-state index contributed by atoms with van der Waals surface area (Å²) in [6, 6.07) is 27.3. The maximum atomic E-state index is 13.4. The Bertz CT molecular complexity index is 1200. The summed E-state index contributed by atoms with van der Waals surface area (Å²) >= 11 is 0. The number of piperidine rings is 1. The molecular weight excluding hydrogens is 482 g/mol. The van der Waals surface area contributed by atoms with Crippen LogP contribution in [0, 0.1) is 5.41 Å². The van der Waals surface area contributed by atoms with E-state index >= 15 is 0 Å². The third-order valence-electron chi connectivity index (χ3n) is 8.59. The number of carbonyl (C=O) groups excluding carboxylic acids is 1. The first-order valence-corrected chi connectivity index (χ1v) is 14.6. The van der Waals surface area contributed by atoms with E-state index in [9.17, 15) is 4.79 Å². The normalized spacial score (nSPS) is 18.4. The van der Waals surface area contributed by atoms with Crippen LogP contribution in [0.3, 0.4) is 0 Å². The van der Waals surface area contributed by atoms with E-state index in [0.717, 1.165) is 69.0 Å². The third-order valence-corrected chi connectivity index (χ3v) is 8.59. The van der Waals surface area contributed by atoms with Crippen LogP contribution >= 0.6 is 0 Å². The first-order chi connectivity index (χ1) is 19.0. The number of anilines is 1. The fraction of sp³-hybridized carbons (Fsp3) is 0.441. The number of carbonyl (C=O) groups is 1. The average Bonchev–Trinajstić information content (AvgIpc) is 2.96. The standard InChI is InChI=1S/C34H43N3O2/c1-35(2)31-17-15-30(16-18-31)33(38)37-22-20-34(21-23-37)19-9-8-13-29-12-6-7-14-32(29)39-25-24-36(27-34)26-28-10-4-3-5-11-28/h3-7,10-12,14-18H,8-9,13,19-27H2,1-2H3. The molecule has 0 aliphatic carbocycles. The van der Waals surface area contributed by atoms with Gasteiger partial charge in [0.1, 0.15) is 12.4 Å². The maximum absolute atomic E-state index is 13.4. The van der Waals surface area contributed by atoms with Crippen LogP contribution in [-0.2, 0) is 13.0 Å². The Morgan fingerprint density at radius 1 is 0.846 bits per heavy atom. The Labute approximate surface area is 234 Å². The SMILES string of the molecule is CN(C)c1ccc(C(=O)N2CCC3(CCCCc4ccccc4OCCN(Cc4ccccc4)C3)CC2)cc1. The molecule has 206 valence electrons. The zero-order chi connectivity index (χ0) is 27.1. The number of likely N-dealkylation sites (tertiary alicyclic amines) is 1. The highest BCUT2D eigenvalue weighted by atomic mass is 16.5. The Morgan fingerprint density at radius 3 is 2.31 bits per heavy atom. The molecule has 2 aliphatic heterocycles. The molecule has 5 nitrogen and oxygen atoms in total. The lowest BCUT2D eigenvalue weighted by molar-refractivity contribution is 0.0361. The first kappa shape index (κ1) is 27.3. The van der Waals surface area contributed by atoms with E-state index in [1.54, 1.807) is 0 Å². The van der Waals surface area contributed by atoms with Gasteiger partial charge in [-0.15, -0.1) is 0 Å². The molecule has 3 aromatic rings. The van der Waals surface area contributed by atoms with Gasteiger partial charge < -0.3 is 14.5 Å². The van der Waals surface area contributed by atoms with E-state index in [1.165, 1.54) is 30.4 Å². The zero-order valence-electron chi connectivity index (χ0n) is 23.6. The molecule has 1 fully saturated rings. The average molecular weight is 526 g/mol. The molecule has 0 aromatic heterocycles. The second-order valence-electron chi connectivity index (χ2n) is 11.6. The van der Waals surface area contributed by atoms with E-state index < -0.39 is 0 Å². The molecule has 5 rings (SSSR count). The summed E-state index contributed by atoms with van der Waals surface area (Å²) in [5, 5.41) is 0. The van der Waals surface area contributed by atoms with Gasteiger partial charge in [0, 0.05) is 58.1 Å². The van der Waals surface area contributed by atoms with Crippen LogP contribution in [0.1, 0.15) is 53.6 Å². The van der Waals surface area contributed by atoms with Crippen molar-refractivity contribution in [2.45, 2.75) is 45.1 Å². The van der Waals surface area contributed by atoms with Crippen molar-refractivity contribution in [1.82, 2.24) is 9.80 Å². The summed E-state index contributed by atoms with van der Waals surface area (Å²) in [6.07, 6.45) is 6.75. The van der Waals surface area contributed by atoms with E-state index in [2.05, 4.69) is 69.3 Å². The van der Waals surface area contributed by atoms with Gasteiger partial charge in [-0.1, -0.05) is 55.0 Å². The van der Waals surface area contributed by atoms with Gasteiger partial charge in [-0.2, -0.15) is 0 Å². The second-order valence-corrected chi connectivity index (χ2v) is 11.6. The number of para-hydroxylation sites is 1. The molecule has 2 aliphatic rings. The number of amides is 1. The fourth-order valence-electron chi connectivity index (χ4n) is 6.24. The summed E-state index contributed by atoms with van der Waals surface area (Å²) in [5.41, 5.74) is 4.79. The van der Waals surface area contributed by atoms with Gasteiger partial charge in [-0.25, -0.2) is 0 Å². The molecule has 0 unspecified atom stereocenters. The Morgan fingerprint density at radius 2 is 1.56 bits per heavy atom. The Balaban J connectivity index is 1.30. The lowest BCUT2D eigenvalue weighted by atomic mass is 9.73. The van der Waals surface area contributed by atoms with E-state index in [0.29, 0.717) is 6.61 Å². The van der Waals surface area contributed by atoms with Gasteiger partial charge in [0.05, 0.1) is 0 Å². The van der Waals surface area contributed by atoms with Crippen molar-refractivity contribution < 1.29 is 9.53 Å². The largest absolute Gasteiger partial charge is 0.492 e. The van der Waals surface area contributed by atoms with Gasteiger partial charge in [0.2, 0.25) is 0 Å². The Kier molecular flexibility index (Phi) is 8.88. The second kappa shape index (κ2) is 12.7. The number of aryl methyl sites for hydroxylation is 1. The molecule has 1 spiro atoms. The smallest absolute Gasteiger partial charge is 0.253 e. The van der Waals surface area contributed by atoms with Crippen molar-refractivity contribution in [2.24, 2.45) is 5.41 Å². The van der Waals surface area contributed by atoms with E-state index in [-0.39, 0.29) is 11.3 Å². The lowest BCUT2D eigenvalue weighted by Crippen LogP contribution is -2.48. The Hall–Kier alpha value is -3.31. The topological polar surface area (TPSA) is 36.0 Å². The number of fused-ring (bicyclic) bond motifs is 1. The first-order valence-electron chi connectivity index (χ1n) is 14.6. The van der Waals surface area contributed by atoms with Crippen LogP contribution < -0.4 is 9.64 Å². The molecule has 39 heavy (non-hydrogen) atoms. The predicted octanol–water partition coefficient (Wildman–Crippen LogP) is 6.28. The highest BCUT2D eigenvalue weighted by Gasteiger charge is 2.37. The summed E-state index contributed by atoms with van der Waals surface area (Å²) in [4.78, 5) is 20.1. The van der Waals surface area contributed by atoms with Crippen molar-refractivity contribution in [3.8, 4) is 5.75 Å². The molecule has 1 amide bonds. The lowest BCUT2D eigenvalue weighted by Gasteiger charge is -2.45. The van der Waals surface area contributed by atoms with Crippen molar-refractivity contribution in [2.75, 3.05) is 51.8 Å². The zero-order valence-corrected chi connectivity index (χ0v) is 23.6. The minimum atomic E-state index is 0.162. The number of nitrogens with zero attached hydrogens (tertiary/aromatic N) is 3. The van der Waals surface area contributed by atoms with Crippen LogP contribution in [-0.4, -0.2) is 62.6 Å². The minimum Gasteiger partial charge on any atom is -0.492 e. The molecular formula is C34H43N3O2. The number of hydrogen-bond donors (Lipinski definition) is 0.